The molecule has 0 unspecified atom stereocenters. The summed E-state index contributed by atoms with van der Waals surface area (Å²) < 4.78 is 5.67. The summed E-state index contributed by atoms with van der Waals surface area (Å²) in [5, 5.41) is 10.2. The van der Waals surface area contributed by atoms with Crippen LogP contribution in [0.3, 0.4) is 0 Å². The van der Waals surface area contributed by atoms with Crippen LogP contribution in [0, 0.1) is 0 Å². The summed E-state index contributed by atoms with van der Waals surface area (Å²) in [5.74, 6) is 0.471. The number of likely N-dealkylation sites (N-methyl/N-ethyl adjacent to an activating group) is 1. The fourth-order valence-electron chi connectivity index (χ4n) is 2.52. The molecule has 0 bridgehead atoms. The molecular weight excluding hydrogens is 314 g/mol. The van der Waals surface area contributed by atoms with Crippen LogP contribution in [0.5, 0.6) is 11.5 Å². The quantitative estimate of drug-likeness (QED) is 0.768. The van der Waals surface area contributed by atoms with Crippen LogP contribution in [0.1, 0.15) is 31.9 Å². The van der Waals surface area contributed by atoms with Crippen molar-refractivity contribution in [1.29, 1.82) is 0 Å². The lowest BCUT2D eigenvalue weighted by atomic mass is 10.1. The predicted molar refractivity (Wildman–Crippen MR) is 100 cm³/mol. The molecule has 0 radical (unpaired) electrons. The molecule has 4 heteroatoms. The number of allylic oxidation sites excluding steroid dienone is 1. The van der Waals surface area contributed by atoms with Crippen molar-refractivity contribution < 1.29 is 14.6 Å². The molecule has 132 valence electrons. The summed E-state index contributed by atoms with van der Waals surface area (Å²) in [4.78, 5) is 13.9. The molecule has 2 rings (SSSR count). The number of carbonyl (C=O) groups excluding carboxylic acids is 1. The van der Waals surface area contributed by atoms with Gasteiger partial charge in [0.2, 0.25) is 5.91 Å². The zero-order valence-electron chi connectivity index (χ0n) is 15.0. The molecule has 2 aromatic rings. The van der Waals surface area contributed by atoms with Gasteiger partial charge in [0.25, 0.3) is 0 Å². The number of amides is 1. The molecule has 4 nitrogen and oxygen atoms in total. The first-order chi connectivity index (χ1) is 12.0. The number of aromatic hydroxyl groups is 1. The second kappa shape index (κ2) is 8.92. The zero-order valence-corrected chi connectivity index (χ0v) is 15.0. The highest BCUT2D eigenvalue weighted by atomic mass is 16.5. The van der Waals surface area contributed by atoms with Crippen LogP contribution in [0.15, 0.2) is 54.6 Å². The van der Waals surface area contributed by atoms with E-state index in [1.54, 1.807) is 23.1 Å². The molecule has 0 aliphatic carbocycles. The first-order valence-electron chi connectivity index (χ1n) is 8.52. The van der Waals surface area contributed by atoms with Crippen molar-refractivity contribution in [2.45, 2.75) is 27.4 Å². The molecular formula is C21H25NO3. The Bertz CT molecular complexity index is 734. The van der Waals surface area contributed by atoms with Gasteiger partial charge < -0.3 is 14.7 Å². The number of nitrogens with zero attached hydrogens (tertiary/aromatic N) is 1. The first kappa shape index (κ1) is 18.6. The molecule has 0 saturated carbocycles. The third kappa shape index (κ3) is 5.11. The summed E-state index contributed by atoms with van der Waals surface area (Å²) >= 11 is 0. The minimum atomic E-state index is -0.0219. The van der Waals surface area contributed by atoms with E-state index in [0.717, 1.165) is 16.7 Å². The van der Waals surface area contributed by atoms with E-state index in [-0.39, 0.29) is 11.7 Å². The van der Waals surface area contributed by atoms with Crippen LogP contribution in [0.2, 0.25) is 0 Å². The molecule has 2 aromatic carbocycles. The van der Waals surface area contributed by atoms with Gasteiger partial charge in [-0.05, 0) is 49.6 Å². The van der Waals surface area contributed by atoms with Gasteiger partial charge in [-0.15, -0.1) is 0 Å². The van der Waals surface area contributed by atoms with Gasteiger partial charge in [0.1, 0.15) is 6.61 Å². The fraction of sp³-hybridized carbons (Fsp3) is 0.286. The molecule has 0 saturated heterocycles. The molecule has 25 heavy (non-hydrogen) atoms. The van der Waals surface area contributed by atoms with Gasteiger partial charge in [0, 0.05) is 19.2 Å². The topological polar surface area (TPSA) is 49.8 Å². The fourth-order valence-corrected chi connectivity index (χ4v) is 2.52. The Kier molecular flexibility index (Phi) is 6.63. The molecule has 0 heterocycles. The largest absolute Gasteiger partial charge is 0.504 e. The molecule has 1 N–H and O–H groups in total. The van der Waals surface area contributed by atoms with E-state index in [4.69, 9.17) is 4.74 Å². The van der Waals surface area contributed by atoms with Crippen molar-refractivity contribution in [3.8, 4) is 11.5 Å². The minimum absolute atomic E-state index is 0.0219. The Morgan fingerprint density at radius 2 is 1.80 bits per heavy atom. The van der Waals surface area contributed by atoms with Gasteiger partial charge in [-0.2, -0.15) is 0 Å². The Labute approximate surface area is 149 Å². The van der Waals surface area contributed by atoms with Crippen molar-refractivity contribution in [2.75, 3.05) is 13.1 Å². The van der Waals surface area contributed by atoms with Gasteiger partial charge in [0.15, 0.2) is 11.5 Å². The second-order valence-corrected chi connectivity index (χ2v) is 5.79. The van der Waals surface area contributed by atoms with E-state index in [0.29, 0.717) is 25.4 Å². The molecule has 0 aliphatic heterocycles. The third-order valence-corrected chi connectivity index (χ3v) is 4.07. The van der Waals surface area contributed by atoms with Crippen molar-refractivity contribution in [3.05, 3.63) is 65.7 Å². The highest BCUT2D eigenvalue weighted by Crippen LogP contribution is 2.30. The van der Waals surface area contributed by atoms with Crippen molar-refractivity contribution >= 4 is 11.5 Å². The maximum Gasteiger partial charge on any atom is 0.246 e. The number of hydrogen-bond acceptors (Lipinski definition) is 3. The van der Waals surface area contributed by atoms with Crippen LogP contribution in [0.4, 0.5) is 0 Å². The smallest absolute Gasteiger partial charge is 0.246 e. The lowest BCUT2D eigenvalue weighted by Gasteiger charge is -2.17. The van der Waals surface area contributed by atoms with Gasteiger partial charge in [-0.3, -0.25) is 4.79 Å². The van der Waals surface area contributed by atoms with Gasteiger partial charge >= 0.3 is 0 Å². The summed E-state index contributed by atoms with van der Waals surface area (Å²) in [7, 11) is 0. The standard InChI is InChI=1S/C21H25NO3/c1-4-22(5-2)21(24)13-16(3)18-11-12-20(19(23)14-18)25-15-17-9-7-6-8-10-17/h6-14,23H,4-5,15H2,1-3H3/b16-13+. The summed E-state index contributed by atoms with van der Waals surface area (Å²) in [6.07, 6.45) is 1.60. The summed E-state index contributed by atoms with van der Waals surface area (Å²) in [6, 6.07) is 15.0. The monoisotopic (exact) mass is 339 g/mol. The zero-order chi connectivity index (χ0) is 18.2. The predicted octanol–water partition coefficient (Wildman–Crippen LogP) is 4.24. The normalized spacial score (nSPS) is 11.2. The number of phenolic OH excluding ortho intramolecular Hbond substituents is 1. The Balaban J connectivity index is 2.09. The van der Waals surface area contributed by atoms with E-state index in [2.05, 4.69) is 0 Å². The summed E-state index contributed by atoms with van der Waals surface area (Å²) in [5.41, 5.74) is 2.64. The van der Waals surface area contributed by atoms with Crippen LogP contribution >= 0.6 is 0 Å². The summed E-state index contributed by atoms with van der Waals surface area (Å²) in [6.45, 7) is 7.52. The molecule has 0 aromatic heterocycles. The lowest BCUT2D eigenvalue weighted by molar-refractivity contribution is -0.125. The number of hydrogen-bond donors (Lipinski definition) is 1. The third-order valence-electron chi connectivity index (χ3n) is 4.07. The molecule has 1 amide bonds. The van der Waals surface area contributed by atoms with Crippen LogP contribution in [0.25, 0.3) is 5.57 Å². The molecule has 0 fully saturated rings. The Hall–Kier alpha value is -2.75. The number of benzene rings is 2. The number of rotatable bonds is 7. The highest BCUT2D eigenvalue weighted by Gasteiger charge is 2.09. The Morgan fingerprint density at radius 1 is 1.12 bits per heavy atom. The van der Waals surface area contributed by atoms with Crippen molar-refractivity contribution in [2.24, 2.45) is 0 Å². The maximum absolute atomic E-state index is 12.2. The molecule has 0 atom stereocenters. The van der Waals surface area contributed by atoms with E-state index < -0.39 is 0 Å². The van der Waals surface area contributed by atoms with E-state index in [1.807, 2.05) is 57.2 Å². The number of ether oxygens (including phenoxy) is 1. The van der Waals surface area contributed by atoms with E-state index in [9.17, 15) is 9.90 Å². The highest BCUT2D eigenvalue weighted by molar-refractivity contribution is 5.95. The van der Waals surface area contributed by atoms with E-state index >= 15 is 0 Å². The Morgan fingerprint density at radius 3 is 2.40 bits per heavy atom. The number of carbonyl (C=O) groups is 1. The molecule has 0 aliphatic rings. The van der Waals surface area contributed by atoms with Crippen molar-refractivity contribution in [1.82, 2.24) is 4.90 Å². The first-order valence-corrected chi connectivity index (χ1v) is 8.52. The van der Waals surface area contributed by atoms with Crippen LogP contribution in [-0.4, -0.2) is 29.0 Å². The van der Waals surface area contributed by atoms with Crippen molar-refractivity contribution in [3.63, 3.8) is 0 Å². The van der Waals surface area contributed by atoms with Gasteiger partial charge in [-0.1, -0.05) is 36.4 Å². The van der Waals surface area contributed by atoms with Gasteiger partial charge in [-0.25, -0.2) is 0 Å². The average Bonchev–Trinajstić information content (AvgIpc) is 2.62. The van der Waals surface area contributed by atoms with Gasteiger partial charge in [0.05, 0.1) is 0 Å². The SMILES string of the molecule is CCN(CC)C(=O)/C=C(\C)c1ccc(OCc2ccccc2)c(O)c1. The minimum Gasteiger partial charge on any atom is -0.504 e. The van der Waals surface area contributed by atoms with E-state index in [1.165, 1.54) is 0 Å². The maximum atomic E-state index is 12.2. The lowest BCUT2D eigenvalue weighted by Crippen LogP contribution is -2.28. The number of phenols is 1. The average molecular weight is 339 g/mol. The van der Waals surface area contributed by atoms with Crippen LogP contribution in [-0.2, 0) is 11.4 Å². The second-order valence-electron chi connectivity index (χ2n) is 5.79. The molecule has 0 spiro atoms. The van der Waals surface area contributed by atoms with Crippen LogP contribution < -0.4 is 4.74 Å².